The maximum atomic E-state index is 12.7. The smallest absolute Gasteiger partial charge is 0.350 e. The molecule has 0 fully saturated rings. The van der Waals surface area contributed by atoms with Crippen molar-refractivity contribution in [2.24, 2.45) is 0 Å². The van der Waals surface area contributed by atoms with Gasteiger partial charge in [-0.25, -0.2) is 14.4 Å². The Kier molecular flexibility index (Phi) is 25.2. The van der Waals surface area contributed by atoms with Gasteiger partial charge < -0.3 is 28.8 Å². The molecular formula is C81H91N3O13. The largest absolute Gasteiger partial charge is 0.478 e. The minimum Gasteiger partial charge on any atom is -0.478 e. The van der Waals surface area contributed by atoms with Crippen LogP contribution in [-0.2, 0) is 23.9 Å². The third kappa shape index (κ3) is 22.0. The van der Waals surface area contributed by atoms with Crippen LogP contribution in [0.3, 0.4) is 0 Å². The minimum absolute atomic E-state index is 0.0539. The molecule has 3 heterocycles. The lowest BCUT2D eigenvalue weighted by Gasteiger charge is -2.30. The van der Waals surface area contributed by atoms with E-state index >= 15 is 0 Å². The molecule has 0 aliphatic rings. The number of carbonyl (C=O) groups excluding carboxylic acids is 6. The van der Waals surface area contributed by atoms with Crippen LogP contribution in [0.1, 0.15) is 185 Å². The fraction of sp³-hybridized carbons (Fsp3) is 0.309. The molecule has 6 aromatic carbocycles. The Bertz CT molecular complexity index is 4400. The van der Waals surface area contributed by atoms with Crippen molar-refractivity contribution in [3.8, 4) is 17.2 Å². The number of aldehydes is 1. The number of aliphatic carboxylic acids is 1. The molecule has 0 unspecified atom stereocenters. The van der Waals surface area contributed by atoms with Crippen molar-refractivity contribution < 1.29 is 63.7 Å². The average molecular weight is 1320 g/mol. The molecule has 0 spiro atoms. The minimum atomic E-state index is -1.33. The highest BCUT2D eigenvalue weighted by atomic mass is 16.6. The summed E-state index contributed by atoms with van der Waals surface area (Å²) in [5.41, 5.74) is 6.89. The number of esters is 2. The third-order valence-corrected chi connectivity index (χ3v) is 14.6. The number of ether oxygens (including phenoxy) is 5. The predicted octanol–water partition coefficient (Wildman–Crippen LogP) is 17.9. The summed E-state index contributed by atoms with van der Waals surface area (Å²) < 4.78 is 34.3. The summed E-state index contributed by atoms with van der Waals surface area (Å²) in [5.74, 6) is -0.293. The molecule has 97 heavy (non-hydrogen) atoms. The Labute approximate surface area is 571 Å². The lowest BCUT2D eigenvalue weighted by molar-refractivity contribution is -0.171. The molecule has 16 heteroatoms. The highest BCUT2D eigenvalue weighted by Gasteiger charge is 2.37. The van der Waals surface area contributed by atoms with E-state index in [1.165, 1.54) is 27.3 Å². The molecule has 0 aliphatic carbocycles. The van der Waals surface area contributed by atoms with Crippen molar-refractivity contribution in [1.29, 1.82) is 0 Å². The van der Waals surface area contributed by atoms with E-state index in [0.29, 0.717) is 39.5 Å². The van der Waals surface area contributed by atoms with Crippen LogP contribution in [0.25, 0.3) is 44.9 Å². The van der Waals surface area contributed by atoms with Gasteiger partial charge >= 0.3 is 17.9 Å². The van der Waals surface area contributed by atoms with Crippen LogP contribution in [0.4, 0.5) is 0 Å². The average Bonchev–Trinajstić information content (AvgIpc) is 0.830. The van der Waals surface area contributed by atoms with Gasteiger partial charge in [0.05, 0.1) is 16.6 Å². The number of allylic oxidation sites excluding steroid dienone is 2. The first-order chi connectivity index (χ1) is 45.8. The lowest BCUT2D eigenvalue weighted by atomic mass is 10.0. The van der Waals surface area contributed by atoms with Crippen molar-refractivity contribution in [3.63, 3.8) is 0 Å². The summed E-state index contributed by atoms with van der Waals surface area (Å²) in [6.07, 6.45) is 12.2. The maximum Gasteiger partial charge on any atom is 0.350 e. The molecule has 0 saturated carbocycles. The van der Waals surface area contributed by atoms with Gasteiger partial charge in [-0.15, -0.1) is 0 Å². The molecule has 16 nitrogen and oxygen atoms in total. The molecule has 9 aromatic rings. The lowest BCUT2D eigenvalue weighted by Crippen LogP contribution is -2.43. The van der Waals surface area contributed by atoms with Gasteiger partial charge in [-0.05, 0) is 261 Å². The number of fused-ring (bicyclic) bond motifs is 3. The monoisotopic (exact) mass is 1320 g/mol. The van der Waals surface area contributed by atoms with Crippen molar-refractivity contribution in [2.75, 3.05) is 0 Å². The second-order valence-corrected chi connectivity index (χ2v) is 26.9. The number of para-hydroxylation sites is 3. The van der Waals surface area contributed by atoms with E-state index in [-0.39, 0.29) is 17.3 Å². The highest BCUT2D eigenvalue weighted by molar-refractivity contribution is 6.09. The van der Waals surface area contributed by atoms with E-state index in [9.17, 15) is 38.7 Å². The summed E-state index contributed by atoms with van der Waals surface area (Å²) in [4.78, 5) is 96.1. The number of Topliss-reactive ketones (excluding diaryl/α,β-unsaturated/α-hetero) is 1. The van der Waals surface area contributed by atoms with Gasteiger partial charge in [0, 0.05) is 58.4 Å². The van der Waals surface area contributed by atoms with Gasteiger partial charge in [0.1, 0.15) is 34.7 Å². The number of hydrogen-bond donors (Lipinski definition) is 1. The maximum absolute atomic E-state index is 12.7. The Morgan fingerprint density at radius 2 is 0.701 bits per heavy atom. The van der Waals surface area contributed by atoms with Gasteiger partial charge in [0.15, 0.2) is 34.2 Å². The van der Waals surface area contributed by atoms with E-state index in [0.717, 1.165) is 83.5 Å². The molecule has 9 rings (SSSR count). The van der Waals surface area contributed by atoms with Crippen LogP contribution >= 0.6 is 0 Å². The third-order valence-electron chi connectivity index (χ3n) is 14.6. The Morgan fingerprint density at radius 3 is 0.990 bits per heavy atom. The number of carbonyl (C=O) groups is 7. The van der Waals surface area contributed by atoms with Crippen molar-refractivity contribution >= 4 is 86.4 Å². The molecular weight excluding hydrogens is 1220 g/mol. The number of rotatable bonds is 17. The summed E-state index contributed by atoms with van der Waals surface area (Å²) in [5, 5.41) is 12.1. The zero-order chi connectivity index (χ0) is 73.3. The molecule has 0 aliphatic heterocycles. The normalized spacial score (nSPS) is 11.7. The van der Waals surface area contributed by atoms with Gasteiger partial charge in [-0.2, -0.15) is 0 Å². The van der Waals surface area contributed by atoms with Crippen molar-refractivity contribution in [3.05, 3.63) is 225 Å². The molecule has 0 atom stereocenters. The number of aromatic nitrogens is 3. The summed E-state index contributed by atoms with van der Waals surface area (Å²) in [6, 6.07) is 39.7. The zero-order valence-corrected chi connectivity index (χ0v) is 59.4. The molecule has 1 N–H and O–H groups in total. The molecule has 0 bridgehead atoms. The van der Waals surface area contributed by atoms with Gasteiger partial charge in [-0.3, -0.25) is 34.1 Å². The van der Waals surface area contributed by atoms with E-state index in [1.807, 2.05) is 198 Å². The number of benzene rings is 6. The first-order valence-corrected chi connectivity index (χ1v) is 31.3. The zero-order valence-electron chi connectivity index (χ0n) is 60.4. The van der Waals surface area contributed by atoms with Crippen LogP contribution in [-0.4, -0.2) is 89.6 Å². The molecule has 508 valence electrons. The second-order valence-electron chi connectivity index (χ2n) is 26.9. The topological polar surface area (TPSA) is 225 Å². The Hall–Kier alpha value is -10.5. The van der Waals surface area contributed by atoms with Gasteiger partial charge in [-0.1, -0.05) is 74.2 Å². The Morgan fingerprint density at radius 1 is 0.423 bits per heavy atom. The van der Waals surface area contributed by atoms with E-state index in [1.54, 1.807) is 83.6 Å². The van der Waals surface area contributed by atoms with E-state index in [4.69, 9.17) is 25.1 Å². The Balaban J connectivity index is 0.000000244. The van der Waals surface area contributed by atoms with E-state index < -0.39 is 45.9 Å². The highest BCUT2D eigenvalue weighted by Crippen LogP contribution is 2.33. The van der Waals surface area contributed by atoms with E-state index in [2.05, 4.69) is 15.0 Å². The SMILES string of the molecule is CC(=O)c1cnc2ccccc2c1.Cc1cc(/C=C/C(=O)c2cnc3ccccc3c2)cc(C)c1OC(C)(C)C(=O)O.Cc1cc(/C=C/C(=O)c2cnc3ccccc3c2)cc(C)c1OC(C)(C)C(=O)OC(C)(C)C.Cc1cc(C=O)cc(C)c1OC(C)(C)C(=O)OC(C)(C)C.[3H]C. The number of carboxylic acid groups (broad SMARTS) is 1. The van der Waals surface area contributed by atoms with Crippen molar-refractivity contribution in [1.82, 2.24) is 15.0 Å². The van der Waals surface area contributed by atoms with Gasteiger partial charge in [0.2, 0.25) is 0 Å². The van der Waals surface area contributed by atoms with Crippen LogP contribution in [0.2, 0.25) is 0 Å². The van der Waals surface area contributed by atoms with Crippen LogP contribution in [0.15, 0.2) is 158 Å². The van der Waals surface area contributed by atoms with Crippen LogP contribution in [0.5, 0.6) is 17.2 Å². The summed E-state index contributed by atoms with van der Waals surface area (Å²) in [7, 11) is 1.25. The number of pyridine rings is 3. The first kappa shape index (κ1) is 75.5. The number of carboxylic acids is 1. The first-order valence-electron chi connectivity index (χ1n) is 32.3. The standard InChI is InChI=1S/C28H31NO4.C24H23NO4.C17H24O4.C11H9NO.CH4/c1-18-14-20(12-13-24(30)22-16-21-10-8-9-11-23(21)29-17-22)15-19(2)25(18)32-28(6,7)26(31)33-27(3,4)5;1-15-11-17(12-16(2)22(15)29-24(3,4)23(27)28)9-10-21(26)19-13-18-7-5-6-8-20(18)25-14-19;1-11-8-13(10-18)9-12(2)14(11)20-17(6,7)15(19)21-16(3,4)5;1-8(13)10-6-9-4-2-3-5-11(9)12-7-10;/h8-17H,1-7H3;5-14H,1-4H3,(H,27,28);8-10H,1-7H3;2-7H,1H3;1H4/b13-12+;10-9+;;;/i;;;;1T. The molecule has 0 saturated heterocycles. The molecule has 0 amide bonds. The van der Waals surface area contributed by atoms with Gasteiger partial charge in [0.25, 0.3) is 0 Å². The number of aryl methyl sites for hydroxylation is 6. The second kappa shape index (κ2) is 32.3. The number of hydrogen-bond acceptors (Lipinski definition) is 15. The molecule has 3 aromatic heterocycles. The van der Waals surface area contributed by atoms with Crippen LogP contribution in [0, 0.1) is 41.5 Å². The summed E-state index contributed by atoms with van der Waals surface area (Å²) in [6.45, 7) is 33.5. The number of nitrogens with zero attached hydrogens (tertiary/aromatic N) is 3. The predicted molar refractivity (Wildman–Crippen MR) is 385 cm³/mol. The molecule has 0 radical (unpaired) electrons. The summed E-state index contributed by atoms with van der Waals surface area (Å²) >= 11 is 0. The van der Waals surface area contributed by atoms with Crippen molar-refractivity contribution in [2.45, 2.75) is 167 Å². The van der Waals surface area contributed by atoms with Crippen LogP contribution < -0.4 is 14.2 Å². The quantitative estimate of drug-likeness (QED) is 0.0387. The fourth-order valence-corrected chi connectivity index (χ4v) is 9.60. The number of ketones is 3. The fourth-order valence-electron chi connectivity index (χ4n) is 9.60.